The summed E-state index contributed by atoms with van der Waals surface area (Å²) in [7, 11) is 4.45. The van der Waals surface area contributed by atoms with Gasteiger partial charge in [-0.15, -0.1) is 0 Å². The van der Waals surface area contributed by atoms with Gasteiger partial charge in [-0.1, -0.05) is 0 Å². The van der Waals surface area contributed by atoms with Gasteiger partial charge >= 0.3 is 0 Å². The number of benzene rings is 1. The number of nitrogens with one attached hydrogen (secondary N) is 1. The van der Waals surface area contributed by atoms with Crippen molar-refractivity contribution in [3.05, 3.63) is 28.0 Å². The molecule has 2 N–H and O–H groups in total. The van der Waals surface area contributed by atoms with Crippen molar-refractivity contribution in [1.29, 1.82) is 0 Å². The molecule has 0 radical (unpaired) electrons. The second-order valence-electron chi connectivity index (χ2n) is 4.25. The van der Waals surface area contributed by atoms with Gasteiger partial charge in [-0.25, -0.2) is 0 Å². The number of aromatic hydroxyl groups is 1. The van der Waals surface area contributed by atoms with E-state index < -0.39 is 5.56 Å². The molecule has 1 heterocycles. The van der Waals surface area contributed by atoms with Crippen molar-refractivity contribution in [1.82, 2.24) is 9.97 Å². The first-order chi connectivity index (χ1) is 10.0. The van der Waals surface area contributed by atoms with Gasteiger partial charge < -0.3 is 24.3 Å². The van der Waals surface area contributed by atoms with Crippen LogP contribution in [0.4, 0.5) is 0 Å². The monoisotopic (exact) mass is 292 g/mol. The molecule has 7 heteroatoms. The molecule has 0 saturated heterocycles. The molecule has 21 heavy (non-hydrogen) atoms. The molecule has 0 bridgehead atoms. The van der Waals surface area contributed by atoms with Gasteiger partial charge in [-0.05, 0) is 19.1 Å². The molecule has 0 aliphatic carbocycles. The maximum atomic E-state index is 11.8. The van der Waals surface area contributed by atoms with E-state index in [2.05, 4.69) is 9.97 Å². The van der Waals surface area contributed by atoms with E-state index in [-0.39, 0.29) is 17.3 Å². The van der Waals surface area contributed by atoms with E-state index >= 15 is 0 Å². The van der Waals surface area contributed by atoms with Crippen LogP contribution in [-0.2, 0) is 0 Å². The SMILES string of the molecule is COc1ccc(-c2nc(O)c(C)c(=O)[nH]2)c(OC)c1OC. The van der Waals surface area contributed by atoms with Gasteiger partial charge in [0.25, 0.3) is 5.56 Å². The lowest BCUT2D eigenvalue weighted by Crippen LogP contribution is -2.12. The first-order valence-electron chi connectivity index (χ1n) is 6.12. The highest BCUT2D eigenvalue weighted by atomic mass is 16.5. The molecular formula is C14H16N2O5. The predicted octanol–water partition coefficient (Wildman–Crippen LogP) is 1.48. The lowest BCUT2D eigenvalue weighted by Gasteiger charge is -2.15. The number of rotatable bonds is 4. The van der Waals surface area contributed by atoms with E-state index in [0.717, 1.165) is 0 Å². The summed E-state index contributed by atoms with van der Waals surface area (Å²) in [6.07, 6.45) is 0. The van der Waals surface area contributed by atoms with Crippen LogP contribution in [0.15, 0.2) is 16.9 Å². The average molecular weight is 292 g/mol. The topological polar surface area (TPSA) is 93.7 Å². The summed E-state index contributed by atoms with van der Waals surface area (Å²) in [6.45, 7) is 1.48. The Balaban J connectivity index is 2.72. The van der Waals surface area contributed by atoms with E-state index in [1.165, 1.54) is 28.3 Å². The summed E-state index contributed by atoms with van der Waals surface area (Å²) in [6, 6.07) is 3.32. The molecule has 0 aliphatic rings. The van der Waals surface area contributed by atoms with Crippen LogP contribution in [0.1, 0.15) is 5.56 Å². The number of nitrogens with zero attached hydrogens (tertiary/aromatic N) is 1. The van der Waals surface area contributed by atoms with Gasteiger partial charge in [-0.2, -0.15) is 4.98 Å². The lowest BCUT2D eigenvalue weighted by molar-refractivity contribution is 0.325. The molecule has 2 rings (SSSR count). The standard InChI is InChI=1S/C14H16N2O5/c1-7-13(17)15-12(16-14(7)18)8-5-6-9(19-2)11(21-4)10(8)20-3/h5-6H,1-4H3,(H2,15,16,17,18). The van der Waals surface area contributed by atoms with E-state index in [9.17, 15) is 9.90 Å². The zero-order chi connectivity index (χ0) is 15.6. The quantitative estimate of drug-likeness (QED) is 0.886. The van der Waals surface area contributed by atoms with Gasteiger partial charge in [0.2, 0.25) is 11.6 Å². The van der Waals surface area contributed by atoms with E-state index in [1.807, 2.05) is 0 Å². The summed E-state index contributed by atoms with van der Waals surface area (Å²) in [5.41, 5.74) is 0.204. The molecular weight excluding hydrogens is 276 g/mol. The lowest BCUT2D eigenvalue weighted by atomic mass is 10.1. The molecule has 112 valence electrons. The summed E-state index contributed by atoms with van der Waals surface area (Å²) in [5, 5.41) is 9.71. The third-order valence-electron chi connectivity index (χ3n) is 3.08. The van der Waals surface area contributed by atoms with Gasteiger partial charge in [0.1, 0.15) is 5.82 Å². The minimum Gasteiger partial charge on any atom is -0.493 e. The van der Waals surface area contributed by atoms with Crippen molar-refractivity contribution in [3.8, 4) is 34.5 Å². The Morgan fingerprint density at radius 3 is 2.29 bits per heavy atom. The molecule has 0 amide bonds. The van der Waals surface area contributed by atoms with Gasteiger partial charge in [0.15, 0.2) is 11.5 Å². The summed E-state index contributed by atoms with van der Waals surface area (Å²) < 4.78 is 15.8. The van der Waals surface area contributed by atoms with Crippen LogP contribution in [0.5, 0.6) is 23.1 Å². The van der Waals surface area contributed by atoms with Crippen LogP contribution in [0.3, 0.4) is 0 Å². The molecule has 0 spiro atoms. The maximum absolute atomic E-state index is 11.8. The first kappa shape index (κ1) is 14.7. The van der Waals surface area contributed by atoms with Crippen LogP contribution in [0.25, 0.3) is 11.4 Å². The number of aromatic amines is 1. The molecule has 2 aromatic rings. The van der Waals surface area contributed by atoms with E-state index in [4.69, 9.17) is 14.2 Å². The number of hydrogen-bond acceptors (Lipinski definition) is 6. The third kappa shape index (κ3) is 2.49. The Morgan fingerprint density at radius 1 is 1.10 bits per heavy atom. The number of ether oxygens (including phenoxy) is 3. The second-order valence-corrected chi connectivity index (χ2v) is 4.25. The molecule has 1 aromatic heterocycles. The van der Waals surface area contributed by atoms with Crippen molar-refractivity contribution in [2.75, 3.05) is 21.3 Å². The highest BCUT2D eigenvalue weighted by Gasteiger charge is 2.19. The van der Waals surface area contributed by atoms with Crippen LogP contribution in [0, 0.1) is 6.92 Å². The zero-order valence-corrected chi connectivity index (χ0v) is 12.2. The number of methoxy groups -OCH3 is 3. The number of hydrogen-bond donors (Lipinski definition) is 2. The van der Waals surface area contributed by atoms with Gasteiger partial charge in [0.05, 0.1) is 32.5 Å². The fourth-order valence-corrected chi connectivity index (χ4v) is 1.94. The predicted molar refractivity (Wildman–Crippen MR) is 76.4 cm³/mol. The molecule has 0 fully saturated rings. The van der Waals surface area contributed by atoms with E-state index in [0.29, 0.717) is 22.8 Å². The van der Waals surface area contributed by atoms with Crippen molar-refractivity contribution >= 4 is 0 Å². The van der Waals surface area contributed by atoms with Crippen molar-refractivity contribution in [2.24, 2.45) is 0 Å². The largest absolute Gasteiger partial charge is 0.493 e. The normalized spacial score (nSPS) is 10.3. The molecule has 7 nitrogen and oxygen atoms in total. The van der Waals surface area contributed by atoms with Crippen LogP contribution >= 0.6 is 0 Å². The highest BCUT2D eigenvalue weighted by Crippen LogP contribution is 2.43. The van der Waals surface area contributed by atoms with Gasteiger partial charge in [0, 0.05) is 0 Å². The van der Waals surface area contributed by atoms with Crippen LogP contribution in [-0.4, -0.2) is 36.4 Å². The second kappa shape index (κ2) is 5.74. The maximum Gasteiger partial charge on any atom is 0.257 e. The number of aromatic nitrogens is 2. The number of H-pyrrole nitrogens is 1. The Labute approximate surface area is 121 Å². The Hall–Kier alpha value is -2.70. The smallest absolute Gasteiger partial charge is 0.257 e. The summed E-state index contributed by atoms with van der Waals surface area (Å²) in [5.74, 6) is 1.06. The highest BCUT2D eigenvalue weighted by molar-refractivity contribution is 5.72. The Bertz CT molecular complexity index is 724. The summed E-state index contributed by atoms with van der Waals surface area (Å²) >= 11 is 0. The molecule has 0 unspecified atom stereocenters. The minimum atomic E-state index is -0.422. The average Bonchev–Trinajstić information content (AvgIpc) is 2.50. The van der Waals surface area contributed by atoms with Crippen molar-refractivity contribution in [3.63, 3.8) is 0 Å². The Morgan fingerprint density at radius 2 is 1.76 bits per heavy atom. The molecule has 0 saturated carbocycles. The Kier molecular flexibility index (Phi) is 4.02. The first-order valence-corrected chi connectivity index (χ1v) is 6.12. The molecule has 1 aromatic carbocycles. The van der Waals surface area contributed by atoms with E-state index in [1.54, 1.807) is 12.1 Å². The summed E-state index contributed by atoms with van der Waals surface area (Å²) in [4.78, 5) is 18.3. The van der Waals surface area contributed by atoms with Crippen molar-refractivity contribution < 1.29 is 19.3 Å². The van der Waals surface area contributed by atoms with Crippen LogP contribution < -0.4 is 19.8 Å². The minimum absolute atomic E-state index is 0.151. The third-order valence-corrected chi connectivity index (χ3v) is 3.08. The molecule has 0 aliphatic heterocycles. The fraction of sp³-hybridized carbons (Fsp3) is 0.286. The van der Waals surface area contributed by atoms with Crippen molar-refractivity contribution in [2.45, 2.75) is 6.92 Å². The fourth-order valence-electron chi connectivity index (χ4n) is 1.94. The van der Waals surface area contributed by atoms with Crippen LogP contribution in [0.2, 0.25) is 0 Å². The molecule has 0 atom stereocenters. The van der Waals surface area contributed by atoms with Gasteiger partial charge in [-0.3, -0.25) is 4.79 Å². The zero-order valence-electron chi connectivity index (χ0n) is 12.2.